The number of nitrogens with two attached hydrogens (primary N) is 1. The zero-order chi connectivity index (χ0) is 20.6. The first kappa shape index (κ1) is 20.9. The predicted octanol–water partition coefficient (Wildman–Crippen LogP) is 2.79. The van der Waals surface area contributed by atoms with Gasteiger partial charge >= 0.3 is 0 Å². The van der Waals surface area contributed by atoms with Gasteiger partial charge < -0.3 is 15.8 Å². The number of thioether (sulfide) groups is 1. The van der Waals surface area contributed by atoms with Crippen LogP contribution in [-0.2, 0) is 9.59 Å². The summed E-state index contributed by atoms with van der Waals surface area (Å²) in [5.41, 5.74) is 6.24. The second-order valence-electron chi connectivity index (χ2n) is 6.49. The summed E-state index contributed by atoms with van der Waals surface area (Å²) >= 11 is 0.893. The molecule has 0 atom stereocenters. The van der Waals surface area contributed by atoms with Crippen molar-refractivity contribution >= 4 is 45.7 Å². The van der Waals surface area contributed by atoms with Crippen molar-refractivity contribution in [3.05, 3.63) is 46.9 Å². The van der Waals surface area contributed by atoms with Crippen LogP contribution >= 0.6 is 11.8 Å². The summed E-state index contributed by atoms with van der Waals surface area (Å²) in [5.74, 6) is 0.329. The lowest BCUT2D eigenvalue weighted by molar-refractivity contribution is -0.121. The lowest BCUT2D eigenvalue weighted by Crippen LogP contribution is -2.26. The highest BCUT2D eigenvalue weighted by Crippen LogP contribution is 2.32. The van der Waals surface area contributed by atoms with Crippen molar-refractivity contribution in [1.82, 2.24) is 10.6 Å². The van der Waals surface area contributed by atoms with E-state index in [1.165, 1.54) is 0 Å². The summed E-state index contributed by atoms with van der Waals surface area (Å²) < 4.78 is 5.90. The maximum absolute atomic E-state index is 11.8. The number of fused-ring (bicyclic) bond motifs is 1. The smallest absolute Gasteiger partial charge is 0.290 e. The molecule has 1 aliphatic rings. The Morgan fingerprint density at radius 2 is 1.93 bits per heavy atom. The van der Waals surface area contributed by atoms with Crippen LogP contribution in [0.5, 0.6) is 5.75 Å². The van der Waals surface area contributed by atoms with Gasteiger partial charge in [-0.3, -0.25) is 19.7 Å². The van der Waals surface area contributed by atoms with E-state index in [-0.39, 0.29) is 17.1 Å². The Morgan fingerprint density at radius 1 is 1.14 bits per heavy atom. The highest BCUT2D eigenvalue weighted by atomic mass is 32.2. The van der Waals surface area contributed by atoms with Crippen molar-refractivity contribution in [2.24, 2.45) is 5.73 Å². The van der Waals surface area contributed by atoms with E-state index in [9.17, 15) is 14.4 Å². The summed E-state index contributed by atoms with van der Waals surface area (Å²) in [6.07, 6.45) is 3.48. The van der Waals surface area contributed by atoms with Gasteiger partial charge in [-0.1, -0.05) is 30.3 Å². The Labute approximate surface area is 173 Å². The van der Waals surface area contributed by atoms with Crippen LogP contribution in [0.25, 0.3) is 16.8 Å². The number of hydrogen-bond donors (Lipinski definition) is 3. The van der Waals surface area contributed by atoms with E-state index in [1.807, 2.05) is 36.4 Å². The summed E-state index contributed by atoms with van der Waals surface area (Å²) in [4.78, 5) is 35.3. The molecule has 2 aromatic carbocycles. The van der Waals surface area contributed by atoms with Gasteiger partial charge in [-0.15, -0.1) is 0 Å². The van der Waals surface area contributed by atoms with Crippen LogP contribution in [0.3, 0.4) is 0 Å². The number of nitrogens with one attached hydrogen (secondary N) is 2. The molecule has 1 aliphatic heterocycles. The van der Waals surface area contributed by atoms with Gasteiger partial charge in [0.25, 0.3) is 11.1 Å². The Balaban J connectivity index is 1.66. The number of benzene rings is 2. The zero-order valence-corrected chi connectivity index (χ0v) is 16.7. The fourth-order valence-corrected chi connectivity index (χ4v) is 3.61. The lowest BCUT2D eigenvalue weighted by Gasteiger charge is -2.11. The minimum absolute atomic E-state index is 0.00392. The average Bonchev–Trinajstić information content (AvgIpc) is 3.03. The molecule has 8 heteroatoms. The molecule has 7 nitrogen and oxygen atoms in total. The molecular formula is C21H23N3O4S. The van der Waals surface area contributed by atoms with Gasteiger partial charge in [0.15, 0.2) is 0 Å². The van der Waals surface area contributed by atoms with Gasteiger partial charge in [-0.05, 0) is 54.2 Å². The van der Waals surface area contributed by atoms with Crippen molar-refractivity contribution in [1.29, 1.82) is 0 Å². The van der Waals surface area contributed by atoms with E-state index in [2.05, 4.69) is 10.6 Å². The number of carbonyl (C=O) groups is 3. The summed E-state index contributed by atoms with van der Waals surface area (Å²) in [5, 5.41) is 6.54. The van der Waals surface area contributed by atoms with E-state index in [1.54, 1.807) is 6.08 Å². The van der Waals surface area contributed by atoms with Crippen LogP contribution < -0.4 is 21.1 Å². The summed E-state index contributed by atoms with van der Waals surface area (Å²) in [6, 6.07) is 11.4. The van der Waals surface area contributed by atoms with Gasteiger partial charge in [0.1, 0.15) is 5.75 Å². The molecule has 0 radical (unpaired) electrons. The molecule has 1 saturated heterocycles. The maximum Gasteiger partial charge on any atom is 0.290 e. The Bertz CT molecular complexity index is 958. The van der Waals surface area contributed by atoms with Crippen LogP contribution in [-0.4, -0.2) is 36.7 Å². The first-order valence-corrected chi connectivity index (χ1v) is 10.3. The second kappa shape index (κ2) is 10.1. The first-order chi connectivity index (χ1) is 14.1. The fourth-order valence-electron chi connectivity index (χ4n) is 2.94. The Hall–Kier alpha value is -2.84. The maximum atomic E-state index is 11.8. The first-order valence-electron chi connectivity index (χ1n) is 9.44. The molecule has 152 valence electrons. The third kappa shape index (κ3) is 5.58. The molecule has 3 amide bonds. The summed E-state index contributed by atoms with van der Waals surface area (Å²) in [6.45, 7) is 1.57. The second-order valence-corrected chi connectivity index (χ2v) is 7.51. The number of imide groups is 1. The van der Waals surface area contributed by atoms with Crippen molar-refractivity contribution in [3.63, 3.8) is 0 Å². The molecule has 0 spiro atoms. The molecule has 0 saturated carbocycles. The molecule has 0 bridgehead atoms. The minimum atomic E-state index is -0.380. The van der Waals surface area contributed by atoms with Gasteiger partial charge in [-0.25, -0.2) is 0 Å². The number of ether oxygens (including phenoxy) is 1. The fraction of sp³-hybridized carbons (Fsp3) is 0.286. The normalized spacial score (nSPS) is 15.0. The Morgan fingerprint density at radius 3 is 2.66 bits per heavy atom. The van der Waals surface area contributed by atoms with Crippen molar-refractivity contribution < 1.29 is 19.1 Å². The number of carbonyl (C=O) groups excluding carboxylic acids is 3. The molecule has 0 aromatic heterocycles. The number of rotatable bonds is 9. The van der Waals surface area contributed by atoms with Gasteiger partial charge in [-0.2, -0.15) is 0 Å². The monoisotopic (exact) mass is 413 g/mol. The molecule has 29 heavy (non-hydrogen) atoms. The molecule has 4 N–H and O–H groups in total. The highest BCUT2D eigenvalue weighted by molar-refractivity contribution is 8.18. The third-order valence-electron chi connectivity index (χ3n) is 4.36. The third-order valence-corrected chi connectivity index (χ3v) is 5.17. The molecule has 3 rings (SSSR count). The predicted molar refractivity (Wildman–Crippen MR) is 114 cm³/mol. The molecule has 0 aliphatic carbocycles. The number of hydrogen-bond acceptors (Lipinski definition) is 6. The van der Waals surface area contributed by atoms with Gasteiger partial charge in [0, 0.05) is 18.4 Å². The molecule has 1 fully saturated rings. The standard InChI is InChI=1S/C21H23N3O4S/c22-10-4-11-23-19(25)7-3-12-28-17-9-8-14(15-5-1-2-6-16(15)17)13-18-20(26)24-21(27)29-18/h1-2,5-6,8-9,13H,3-4,7,10-12,22H2,(H,23,25)(H,24,26,27)/b18-13-. The van der Waals surface area contributed by atoms with Crippen LogP contribution in [0.4, 0.5) is 4.79 Å². The minimum Gasteiger partial charge on any atom is -0.493 e. The van der Waals surface area contributed by atoms with Crippen molar-refractivity contribution in [2.45, 2.75) is 19.3 Å². The van der Waals surface area contributed by atoms with Crippen LogP contribution in [0, 0.1) is 0 Å². The zero-order valence-electron chi connectivity index (χ0n) is 15.9. The highest BCUT2D eigenvalue weighted by Gasteiger charge is 2.25. The van der Waals surface area contributed by atoms with Crippen molar-refractivity contribution in [3.8, 4) is 5.75 Å². The Kier molecular flexibility index (Phi) is 7.26. The van der Waals surface area contributed by atoms with E-state index >= 15 is 0 Å². The quantitative estimate of drug-likeness (QED) is 0.431. The van der Waals surface area contributed by atoms with Crippen LogP contribution in [0.1, 0.15) is 24.8 Å². The number of amides is 3. The molecule has 2 aromatic rings. The summed E-state index contributed by atoms with van der Waals surface area (Å²) in [7, 11) is 0. The molecule has 0 unspecified atom stereocenters. The lowest BCUT2D eigenvalue weighted by atomic mass is 10.0. The van der Waals surface area contributed by atoms with Crippen molar-refractivity contribution in [2.75, 3.05) is 19.7 Å². The van der Waals surface area contributed by atoms with E-state index in [0.29, 0.717) is 43.2 Å². The SMILES string of the molecule is NCCCNC(=O)CCCOc1ccc(/C=C2\SC(=O)NC2=O)c2ccccc12. The van der Waals surface area contributed by atoms with Crippen LogP contribution in [0.2, 0.25) is 0 Å². The topological polar surface area (TPSA) is 111 Å². The van der Waals surface area contributed by atoms with E-state index in [0.717, 1.165) is 34.5 Å². The van der Waals surface area contributed by atoms with Gasteiger partial charge in [0.2, 0.25) is 5.91 Å². The van der Waals surface area contributed by atoms with E-state index < -0.39 is 0 Å². The molecular weight excluding hydrogens is 390 g/mol. The van der Waals surface area contributed by atoms with E-state index in [4.69, 9.17) is 10.5 Å². The molecule has 1 heterocycles. The van der Waals surface area contributed by atoms with Gasteiger partial charge in [0.05, 0.1) is 11.5 Å². The average molecular weight is 413 g/mol. The van der Waals surface area contributed by atoms with Crippen LogP contribution in [0.15, 0.2) is 41.3 Å². The largest absolute Gasteiger partial charge is 0.493 e.